The third-order valence-electron chi connectivity index (χ3n) is 1.65. The first kappa shape index (κ1) is 20.3. The fourth-order valence-electron chi connectivity index (χ4n) is 0.873. The molecule has 0 atom stereocenters. The van der Waals surface area contributed by atoms with Crippen LogP contribution in [0.25, 0.3) is 0 Å². The Labute approximate surface area is 103 Å². The molecule has 4 nitrogen and oxygen atoms in total. The molecule has 0 aliphatic heterocycles. The molecule has 0 unspecified atom stereocenters. The number of carbonyl (C=O) groups excluding carboxylic acids is 1. The van der Waals surface area contributed by atoms with Crippen LogP contribution in [0.5, 0.6) is 0 Å². The zero-order valence-electron chi connectivity index (χ0n) is 9.43. The predicted molar refractivity (Wildman–Crippen MR) is 56.5 cm³/mol. The van der Waals surface area contributed by atoms with E-state index >= 15 is 0 Å². The van der Waals surface area contributed by atoms with E-state index in [0.29, 0.717) is 13.1 Å². The molecule has 0 saturated heterocycles. The second-order valence-electron chi connectivity index (χ2n) is 3.11. The maximum absolute atomic E-state index is 9.92. The van der Waals surface area contributed by atoms with E-state index in [0.717, 1.165) is 19.3 Å². The maximum Gasteiger partial charge on any atom is 1.00 e. The summed E-state index contributed by atoms with van der Waals surface area (Å²) in [7, 11) is 0. The van der Waals surface area contributed by atoms with Gasteiger partial charge in [0.2, 0.25) is 0 Å². The van der Waals surface area contributed by atoms with Crippen LogP contribution in [0.4, 0.5) is 0 Å². The van der Waals surface area contributed by atoms with Crippen molar-refractivity contribution in [3.8, 4) is 0 Å². The number of hydrogen-bond acceptors (Lipinski definition) is 4. The van der Waals surface area contributed by atoms with Crippen molar-refractivity contribution in [2.24, 2.45) is 11.5 Å². The van der Waals surface area contributed by atoms with Gasteiger partial charge in [0.05, 0.1) is 0 Å². The van der Waals surface area contributed by atoms with Gasteiger partial charge in [0.25, 0.3) is 0 Å². The minimum atomic E-state index is -0.920. The van der Waals surface area contributed by atoms with Gasteiger partial charge in [0, 0.05) is 19.1 Å². The number of aliphatic carboxylic acids is 1. The van der Waals surface area contributed by atoms with E-state index < -0.39 is 5.97 Å². The van der Waals surface area contributed by atoms with Crippen LogP contribution < -0.4 is 16.6 Å². The zero-order valence-corrected chi connectivity index (χ0v) is 10.4. The first-order chi connectivity index (χ1) is 6.68. The van der Waals surface area contributed by atoms with Crippen molar-refractivity contribution in [1.29, 1.82) is 0 Å². The van der Waals surface area contributed by atoms with Gasteiger partial charge in [-0.1, -0.05) is 32.6 Å². The summed E-state index contributed by atoms with van der Waals surface area (Å²) in [6.45, 7) is 3.33. The number of unbranched alkanes of at least 4 members (excludes halogenated alkanes) is 4. The van der Waals surface area contributed by atoms with Gasteiger partial charge in [0.15, 0.2) is 0 Å². The van der Waals surface area contributed by atoms with E-state index in [2.05, 4.69) is 6.92 Å². The summed E-state index contributed by atoms with van der Waals surface area (Å²) in [6.07, 6.45) is 5.61. The molecule has 0 saturated carbocycles. The largest absolute Gasteiger partial charge is 1.00 e. The van der Waals surface area contributed by atoms with Gasteiger partial charge < -0.3 is 21.4 Å². The topological polar surface area (TPSA) is 92.2 Å². The van der Waals surface area contributed by atoms with E-state index in [1.165, 1.54) is 12.8 Å². The van der Waals surface area contributed by atoms with E-state index in [1.807, 2.05) is 0 Å². The fourth-order valence-corrected chi connectivity index (χ4v) is 0.873. The van der Waals surface area contributed by atoms with Crippen LogP contribution in [0, 0.1) is 0 Å². The SMILES string of the molecule is CCCCCCCC(=O)[O-].NCCN.[Cu+]. The number of hydrogen-bond donors (Lipinski definition) is 2. The van der Waals surface area contributed by atoms with E-state index in [1.54, 1.807) is 0 Å². The van der Waals surface area contributed by atoms with Crippen LogP contribution in [0.2, 0.25) is 0 Å². The molecule has 0 bridgehead atoms. The third-order valence-corrected chi connectivity index (χ3v) is 1.65. The molecule has 5 heteroatoms. The number of nitrogens with two attached hydrogens (primary N) is 2. The van der Waals surface area contributed by atoms with Crippen LogP contribution in [0.1, 0.15) is 45.4 Å². The Morgan fingerprint density at radius 1 is 1.07 bits per heavy atom. The molecule has 0 radical (unpaired) electrons. The monoisotopic (exact) mass is 266 g/mol. The van der Waals surface area contributed by atoms with Gasteiger partial charge in [-0.2, -0.15) is 0 Å². The van der Waals surface area contributed by atoms with Crippen molar-refractivity contribution >= 4 is 5.97 Å². The van der Waals surface area contributed by atoms with Crippen molar-refractivity contribution < 1.29 is 27.0 Å². The van der Waals surface area contributed by atoms with E-state index in [4.69, 9.17) is 11.5 Å². The maximum atomic E-state index is 9.92. The molecule has 15 heavy (non-hydrogen) atoms. The minimum Gasteiger partial charge on any atom is -0.550 e. The Bertz CT molecular complexity index is 122. The predicted octanol–water partition coefficient (Wildman–Crippen LogP) is -0.00190. The molecule has 0 aromatic carbocycles. The average Bonchev–Trinajstić information content (AvgIpc) is 2.18. The van der Waals surface area contributed by atoms with E-state index in [9.17, 15) is 9.90 Å². The fraction of sp³-hybridized carbons (Fsp3) is 0.900. The van der Waals surface area contributed by atoms with Gasteiger partial charge >= 0.3 is 17.1 Å². The summed E-state index contributed by atoms with van der Waals surface area (Å²) in [5.41, 5.74) is 9.81. The van der Waals surface area contributed by atoms with Gasteiger partial charge in [-0.05, 0) is 12.8 Å². The Balaban J connectivity index is -0.000000249. The van der Waals surface area contributed by atoms with Crippen LogP contribution in [0.15, 0.2) is 0 Å². The molecular formula is C10H23CuN2O2. The summed E-state index contributed by atoms with van der Waals surface area (Å²) >= 11 is 0. The van der Waals surface area contributed by atoms with Crippen molar-refractivity contribution in [3.63, 3.8) is 0 Å². The Hall–Kier alpha value is -0.0905. The second kappa shape index (κ2) is 19.5. The molecule has 0 aromatic heterocycles. The van der Waals surface area contributed by atoms with Crippen LogP contribution in [0.3, 0.4) is 0 Å². The summed E-state index contributed by atoms with van der Waals surface area (Å²) in [5.74, 6) is -0.920. The average molecular weight is 267 g/mol. The standard InChI is InChI=1S/C8H16O2.C2H8N2.Cu/c1-2-3-4-5-6-7-8(9)10;3-1-2-4;/h2-7H2,1H3,(H,9,10);1-4H2;/q;;+1/p-1. The van der Waals surface area contributed by atoms with Crippen LogP contribution in [-0.2, 0) is 21.9 Å². The summed E-state index contributed by atoms with van der Waals surface area (Å²) in [5, 5.41) is 9.92. The van der Waals surface area contributed by atoms with E-state index in [-0.39, 0.29) is 23.5 Å². The molecule has 0 aliphatic carbocycles. The minimum absolute atomic E-state index is 0. The van der Waals surface area contributed by atoms with Gasteiger partial charge in [0.1, 0.15) is 0 Å². The first-order valence-electron chi connectivity index (χ1n) is 5.29. The Morgan fingerprint density at radius 2 is 1.53 bits per heavy atom. The number of carboxylic acid groups (broad SMARTS) is 1. The molecule has 0 spiro atoms. The number of rotatable bonds is 7. The quantitative estimate of drug-likeness (QED) is 0.501. The summed E-state index contributed by atoms with van der Waals surface area (Å²) in [6, 6.07) is 0. The number of carboxylic acids is 1. The first-order valence-corrected chi connectivity index (χ1v) is 5.29. The second-order valence-corrected chi connectivity index (χ2v) is 3.11. The van der Waals surface area contributed by atoms with Gasteiger partial charge in [-0.3, -0.25) is 0 Å². The molecule has 0 rings (SSSR count). The molecule has 0 heterocycles. The molecule has 0 fully saturated rings. The van der Waals surface area contributed by atoms with Crippen LogP contribution in [-0.4, -0.2) is 19.1 Å². The molecule has 4 N–H and O–H groups in total. The molecule has 96 valence electrons. The molecular weight excluding hydrogens is 244 g/mol. The van der Waals surface area contributed by atoms with Gasteiger partial charge in [-0.15, -0.1) is 0 Å². The van der Waals surface area contributed by atoms with Crippen LogP contribution >= 0.6 is 0 Å². The Kier molecular flexibility index (Phi) is 26.4. The van der Waals surface area contributed by atoms with Crippen molar-refractivity contribution in [3.05, 3.63) is 0 Å². The summed E-state index contributed by atoms with van der Waals surface area (Å²) < 4.78 is 0. The normalized spacial score (nSPS) is 8.47. The van der Waals surface area contributed by atoms with Crippen molar-refractivity contribution in [2.75, 3.05) is 13.1 Å². The zero-order chi connectivity index (χ0) is 11.2. The smallest absolute Gasteiger partial charge is 0.550 e. The van der Waals surface area contributed by atoms with Crippen molar-refractivity contribution in [1.82, 2.24) is 0 Å². The van der Waals surface area contributed by atoms with Crippen molar-refractivity contribution in [2.45, 2.75) is 45.4 Å². The molecule has 0 aliphatic rings. The Morgan fingerprint density at radius 3 is 1.87 bits per heavy atom. The molecule has 0 amide bonds. The van der Waals surface area contributed by atoms with Gasteiger partial charge in [-0.25, -0.2) is 0 Å². The third kappa shape index (κ3) is 31.5. The summed E-state index contributed by atoms with van der Waals surface area (Å²) in [4.78, 5) is 9.92. The number of carbonyl (C=O) groups is 1. The molecule has 0 aromatic rings.